The van der Waals surface area contributed by atoms with Crippen LogP contribution in [-0.2, 0) is 4.57 Å². The van der Waals surface area contributed by atoms with Gasteiger partial charge in [-0.3, -0.25) is 9.24 Å². The third-order valence-corrected chi connectivity index (χ3v) is 4.10. The van der Waals surface area contributed by atoms with E-state index in [0.29, 0.717) is 5.75 Å². The number of benzene rings is 2. The van der Waals surface area contributed by atoms with Gasteiger partial charge in [0.05, 0.1) is 5.69 Å². The SMILES string of the molecule is CN1c2ccccc2-c2ccccc2O[PH]1=O. The minimum absolute atomic E-state index is 0.688. The van der Waals surface area contributed by atoms with Gasteiger partial charge in [-0.25, -0.2) is 0 Å². The lowest BCUT2D eigenvalue weighted by molar-refractivity contribution is 0.505. The van der Waals surface area contributed by atoms with Crippen molar-refractivity contribution >= 4 is 13.9 Å². The molecule has 0 amide bonds. The summed E-state index contributed by atoms with van der Waals surface area (Å²) in [5, 5.41) is 0. The minimum Gasteiger partial charge on any atom is -0.430 e. The molecule has 1 unspecified atom stereocenters. The highest BCUT2D eigenvalue weighted by Gasteiger charge is 2.21. The lowest BCUT2D eigenvalue weighted by Gasteiger charge is -2.17. The van der Waals surface area contributed by atoms with Crippen LogP contribution in [0.1, 0.15) is 0 Å². The van der Waals surface area contributed by atoms with Crippen molar-refractivity contribution in [2.75, 3.05) is 11.7 Å². The Morgan fingerprint density at radius 2 is 1.65 bits per heavy atom. The molecule has 3 rings (SSSR count). The number of hydrogen-bond acceptors (Lipinski definition) is 2. The Bertz CT molecular complexity index is 597. The molecule has 2 aromatic rings. The van der Waals surface area contributed by atoms with Crippen molar-refractivity contribution < 1.29 is 9.09 Å². The van der Waals surface area contributed by atoms with E-state index < -0.39 is 8.18 Å². The predicted octanol–water partition coefficient (Wildman–Crippen LogP) is 3.57. The van der Waals surface area contributed by atoms with Crippen molar-refractivity contribution in [1.29, 1.82) is 0 Å². The fraction of sp³-hybridized carbons (Fsp3) is 0.0769. The molecule has 0 saturated carbocycles. The average Bonchev–Trinajstić information content (AvgIpc) is 2.48. The maximum Gasteiger partial charge on any atom is 0.332 e. The number of nitrogens with zero attached hydrogens (tertiary/aromatic N) is 1. The van der Waals surface area contributed by atoms with E-state index in [2.05, 4.69) is 0 Å². The number of rotatable bonds is 0. The van der Waals surface area contributed by atoms with Crippen LogP contribution in [0, 0.1) is 0 Å². The zero-order valence-electron chi connectivity index (χ0n) is 9.38. The second-order valence-electron chi connectivity index (χ2n) is 3.94. The van der Waals surface area contributed by atoms with E-state index >= 15 is 0 Å². The molecular formula is C13H12NO2P. The third kappa shape index (κ3) is 1.63. The first kappa shape index (κ1) is 10.4. The fourth-order valence-electron chi connectivity index (χ4n) is 2.03. The molecule has 1 aliphatic heterocycles. The van der Waals surface area contributed by atoms with Gasteiger partial charge in [0, 0.05) is 18.2 Å². The molecule has 1 atom stereocenters. The molecule has 1 heterocycles. The Balaban J connectivity index is 2.33. The van der Waals surface area contributed by atoms with Crippen molar-refractivity contribution in [1.82, 2.24) is 0 Å². The van der Waals surface area contributed by atoms with Crippen molar-refractivity contribution in [2.24, 2.45) is 0 Å². The second kappa shape index (κ2) is 3.94. The van der Waals surface area contributed by atoms with E-state index in [1.807, 2.05) is 48.5 Å². The van der Waals surface area contributed by atoms with E-state index in [0.717, 1.165) is 16.8 Å². The molecule has 3 nitrogen and oxygen atoms in total. The van der Waals surface area contributed by atoms with Gasteiger partial charge in [-0.05, 0) is 12.1 Å². The van der Waals surface area contributed by atoms with Gasteiger partial charge in [-0.15, -0.1) is 0 Å². The van der Waals surface area contributed by atoms with E-state index in [1.54, 1.807) is 11.7 Å². The highest BCUT2D eigenvalue weighted by Crippen LogP contribution is 2.47. The van der Waals surface area contributed by atoms with E-state index in [9.17, 15) is 4.57 Å². The van der Waals surface area contributed by atoms with Crippen LogP contribution in [0.4, 0.5) is 5.69 Å². The molecule has 0 N–H and O–H groups in total. The largest absolute Gasteiger partial charge is 0.430 e. The second-order valence-corrected chi connectivity index (χ2v) is 5.35. The smallest absolute Gasteiger partial charge is 0.332 e. The van der Waals surface area contributed by atoms with E-state index in [1.165, 1.54) is 0 Å². The van der Waals surface area contributed by atoms with Crippen LogP contribution in [0.2, 0.25) is 0 Å². The van der Waals surface area contributed by atoms with Crippen LogP contribution in [0.5, 0.6) is 5.75 Å². The Hall–Kier alpha value is -1.73. The van der Waals surface area contributed by atoms with Gasteiger partial charge in [-0.2, -0.15) is 0 Å². The zero-order chi connectivity index (χ0) is 11.8. The first-order valence-corrected chi connectivity index (χ1v) is 6.68. The zero-order valence-corrected chi connectivity index (χ0v) is 10.4. The van der Waals surface area contributed by atoms with Gasteiger partial charge in [0.1, 0.15) is 5.75 Å². The van der Waals surface area contributed by atoms with E-state index in [4.69, 9.17) is 4.52 Å². The molecule has 17 heavy (non-hydrogen) atoms. The first-order valence-electron chi connectivity index (χ1n) is 5.41. The molecule has 0 spiro atoms. The standard InChI is InChI=1S/C13H12NO2P/c1-14-12-8-4-2-6-10(12)11-7-3-5-9-13(11)16-17(14)15/h2-9,17H,1H3. The van der Waals surface area contributed by atoms with Crippen LogP contribution < -0.4 is 9.19 Å². The van der Waals surface area contributed by atoms with Crippen LogP contribution in [0.25, 0.3) is 11.1 Å². The van der Waals surface area contributed by atoms with Gasteiger partial charge in [-0.1, -0.05) is 36.4 Å². The van der Waals surface area contributed by atoms with Crippen LogP contribution in [0.3, 0.4) is 0 Å². The minimum atomic E-state index is -2.25. The summed E-state index contributed by atoms with van der Waals surface area (Å²) in [6.45, 7) is 0. The Labute approximate surface area is 101 Å². The van der Waals surface area contributed by atoms with Crippen LogP contribution >= 0.6 is 8.18 Å². The number of hydrogen-bond donors (Lipinski definition) is 0. The normalized spacial score (nSPS) is 17.7. The molecule has 2 aromatic carbocycles. The lowest BCUT2D eigenvalue weighted by Crippen LogP contribution is -2.07. The van der Waals surface area contributed by atoms with E-state index in [-0.39, 0.29) is 0 Å². The Kier molecular flexibility index (Phi) is 2.41. The average molecular weight is 245 g/mol. The molecule has 0 bridgehead atoms. The maximum absolute atomic E-state index is 12.0. The number of fused-ring (bicyclic) bond motifs is 3. The third-order valence-electron chi connectivity index (χ3n) is 2.91. The summed E-state index contributed by atoms with van der Waals surface area (Å²) in [5.74, 6) is 0.688. The van der Waals surface area contributed by atoms with Gasteiger partial charge in [0.25, 0.3) is 0 Å². The van der Waals surface area contributed by atoms with Gasteiger partial charge >= 0.3 is 8.18 Å². The molecular weight excluding hydrogens is 233 g/mol. The monoisotopic (exact) mass is 245 g/mol. The van der Waals surface area contributed by atoms with Crippen LogP contribution in [-0.4, -0.2) is 7.05 Å². The summed E-state index contributed by atoms with van der Waals surface area (Å²) in [7, 11) is -0.449. The molecule has 0 aromatic heterocycles. The lowest BCUT2D eigenvalue weighted by atomic mass is 10.0. The van der Waals surface area contributed by atoms with Gasteiger partial charge in [0.2, 0.25) is 0 Å². The van der Waals surface area contributed by atoms with Crippen molar-refractivity contribution in [2.45, 2.75) is 0 Å². The summed E-state index contributed by atoms with van der Waals surface area (Å²) in [6.07, 6.45) is 0. The quantitative estimate of drug-likeness (QED) is 0.664. The molecule has 0 saturated heterocycles. The van der Waals surface area contributed by atoms with Crippen molar-refractivity contribution in [3.8, 4) is 16.9 Å². The molecule has 0 radical (unpaired) electrons. The Morgan fingerprint density at radius 1 is 1.00 bits per heavy atom. The van der Waals surface area contributed by atoms with Gasteiger partial charge < -0.3 is 4.52 Å². The summed E-state index contributed by atoms with van der Waals surface area (Å²) in [4.78, 5) is 0. The maximum atomic E-state index is 12.0. The molecule has 0 fully saturated rings. The topological polar surface area (TPSA) is 29.5 Å². The van der Waals surface area contributed by atoms with Crippen LogP contribution in [0.15, 0.2) is 48.5 Å². The fourth-order valence-corrected chi connectivity index (χ4v) is 2.93. The molecule has 4 heteroatoms. The summed E-state index contributed by atoms with van der Waals surface area (Å²) >= 11 is 0. The predicted molar refractivity (Wildman–Crippen MR) is 69.9 cm³/mol. The summed E-state index contributed by atoms with van der Waals surface area (Å²) in [6, 6.07) is 15.6. The number of para-hydroxylation sites is 2. The first-order chi connectivity index (χ1) is 8.27. The Morgan fingerprint density at radius 3 is 2.47 bits per heavy atom. The summed E-state index contributed by atoms with van der Waals surface area (Å²) < 4.78 is 19.3. The highest BCUT2D eigenvalue weighted by molar-refractivity contribution is 7.41. The molecule has 1 aliphatic rings. The molecule has 86 valence electrons. The van der Waals surface area contributed by atoms with Crippen molar-refractivity contribution in [3.63, 3.8) is 0 Å². The van der Waals surface area contributed by atoms with Crippen molar-refractivity contribution in [3.05, 3.63) is 48.5 Å². The number of anilines is 1. The van der Waals surface area contributed by atoms with Gasteiger partial charge in [0.15, 0.2) is 0 Å². The molecule has 0 aliphatic carbocycles. The highest BCUT2D eigenvalue weighted by atomic mass is 31.1. The summed E-state index contributed by atoms with van der Waals surface area (Å²) in [5.41, 5.74) is 2.99.